The zero-order valence-corrected chi connectivity index (χ0v) is 47.9. The Balaban J connectivity index is 0.000000203. The van der Waals surface area contributed by atoms with E-state index in [0.29, 0.717) is 17.4 Å². The Morgan fingerprint density at radius 2 is 1.22 bits per heavy atom. The minimum atomic E-state index is -2.17. The van der Waals surface area contributed by atoms with Gasteiger partial charge >= 0.3 is 20.1 Å². The van der Waals surface area contributed by atoms with Gasteiger partial charge in [-0.15, -0.1) is 54.1 Å². The largest absolute Gasteiger partial charge is 3.00 e. The summed E-state index contributed by atoms with van der Waals surface area (Å²) in [5.74, 6) is 3.21. The summed E-state index contributed by atoms with van der Waals surface area (Å²) in [7, 11) is 0. The summed E-state index contributed by atoms with van der Waals surface area (Å²) >= 11 is 1.76. The van der Waals surface area contributed by atoms with Crippen LogP contribution in [0.25, 0.3) is 109 Å². The molecule has 0 unspecified atom stereocenters. The molecule has 6 heteroatoms. The topological polar surface area (TPSA) is 35.8 Å². The van der Waals surface area contributed by atoms with Gasteiger partial charge in [0.2, 0.25) is 0 Å². The minimum Gasteiger partial charge on any atom is -0.333 e. The molecule has 0 amide bonds. The smallest absolute Gasteiger partial charge is 0.333 e. The van der Waals surface area contributed by atoms with Crippen molar-refractivity contribution in [3.8, 4) is 45.3 Å². The van der Waals surface area contributed by atoms with E-state index in [2.05, 4.69) is 222 Å². The first kappa shape index (κ1) is 47.9. The maximum absolute atomic E-state index is 8.03. The van der Waals surface area contributed by atoms with Gasteiger partial charge in [-0.1, -0.05) is 175 Å². The Labute approximate surface area is 474 Å². The molecule has 0 radical (unpaired) electrons. The Morgan fingerprint density at radius 3 is 1.94 bits per heavy atom. The normalized spacial score (nSPS) is 12.5. The fourth-order valence-electron chi connectivity index (χ4n) is 11.2. The Kier molecular flexibility index (Phi) is 13.2. The molecule has 380 valence electrons. The van der Waals surface area contributed by atoms with Crippen molar-refractivity contribution in [1.29, 1.82) is 0 Å². The van der Waals surface area contributed by atoms with Gasteiger partial charge in [0.15, 0.2) is 0 Å². The second kappa shape index (κ2) is 21.2. The van der Waals surface area contributed by atoms with E-state index >= 15 is 0 Å². The van der Waals surface area contributed by atoms with Gasteiger partial charge in [-0.05, 0) is 144 Å². The second-order valence-corrected chi connectivity index (χ2v) is 22.4. The summed E-state index contributed by atoms with van der Waals surface area (Å²) in [5.41, 5.74) is 16.7. The van der Waals surface area contributed by atoms with Gasteiger partial charge in [-0.25, -0.2) is 0 Å². The molecule has 3 aromatic heterocycles. The van der Waals surface area contributed by atoms with Gasteiger partial charge in [-0.3, -0.25) is 9.97 Å². The molecule has 77 heavy (non-hydrogen) atoms. The van der Waals surface area contributed by atoms with E-state index in [1.165, 1.54) is 50.1 Å². The zero-order chi connectivity index (χ0) is 54.9. The fraction of sp³-hybridized carbons (Fsp3) is 0.183. The van der Waals surface area contributed by atoms with Crippen molar-refractivity contribution < 1.29 is 28.8 Å². The van der Waals surface area contributed by atoms with Crippen molar-refractivity contribution in [3.05, 3.63) is 228 Å². The molecule has 0 bridgehead atoms. The standard InChI is InChI=1S/C46H37N2S.C25H25N2.Ir/c1-27(2)36-24-33(30-12-7-6-8-13-30)25-37(28(3)4)44(36)48-42-17-10-9-16-41(42)47-46(48)35-15-11-14-34-40-23-32-21-20-31-19-18-29(5)22-38(31)39(32)26-43(40)49-45(34)35;1-17(2)20-13-10-14-21(18(3)4)24(20)27-23-16-9-8-15-22(23)26-25(27)19-11-6-5-7-12-19;/h6-14,16-28H,1-5H3;5-11,13-18H,1-4H3;/q2*-1;+3/i5D3;;. The van der Waals surface area contributed by atoms with Crippen LogP contribution in [-0.2, 0) is 20.1 Å². The maximum Gasteiger partial charge on any atom is 3.00 e. The summed E-state index contributed by atoms with van der Waals surface area (Å²) in [6.45, 7) is 16.0. The molecule has 0 atom stereocenters. The van der Waals surface area contributed by atoms with Crippen LogP contribution in [0, 0.1) is 19.0 Å². The van der Waals surface area contributed by atoms with Gasteiger partial charge in [-0.2, -0.15) is 11.3 Å². The molecule has 3 heterocycles. The second-order valence-electron chi connectivity index (χ2n) is 21.3. The number of rotatable bonds is 9. The van der Waals surface area contributed by atoms with Gasteiger partial charge < -0.3 is 9.13 Å². The molecule has 0 saturated heterocycles. The van der Waals surface area contributed by atoms with E-state index in [4.69, 9.17) is 14.1 Å². The molecule has 0 saturated carbocycles. The number of nitrogens with zero attached hydrogens (tertiary/aromatic N) is 4. The van der Waals surface area contributed by atoms with Gasteiger partial charge in [0.1, 0.15) is 0 Å². The number of imidazole rings is 2. The maximum atomic E-state index is 8.03. The third-order valence-electron chi connectivity index (χ3n) is 15.0. The number of aryl methyl sites for hydroxylation is 1. The van der Waals surface area contributed by atoms with Crippen molar-refractivity contribution in [1.82, 2.24) is 14.5 Å². The van der Waals surface area contributed by atoms with Crippen LogP contribution in [0.1, 0.15) is 111 Å². The summed E-state index contributed by atoms with van der Waals surface area (Å²) in [4.78, 5) is 10.4. The van der Waals surface area contributed by atoms with E-state index in [1.807, 2.05) is 36.4 Å². The van der Waals surface area contributed by atoms with Crippen molar-refractivity contribution in [2.45, 2.75) is 85.9 Å². The molecule has 0 aliphatic heterocycles. The van der Waals surface area contributed by atoms with E-state index in [-0.39, 0.29) is 31.9 Å². The molecule has 13 aromatic rings. The molecular weight excluding hydrogens is 1130 g/mol. The summed E-state index contributed by atoms with van der Waals surface area (Å²) < 4.78 is 31.1. The molecule has 10 aromatic carbocycles. The molecular formula is C71H62IrN4S+. The van der Waals surface area contributed by atoms with E-state index < -0.39 is 6.85 Å². The summed E-state index contributed by atoms with van der Waals surface area (Å²) in [5, 5.41) is 6.48. The van der Waals surface area contributed by atoms with Crippen LogP contribution in [0.15, 0.2) is 188 Å². The van der Waals surface area contributed by atoms with Crippen molar-refractivity contribution in [3.63, 3.8) is 0 Å². The van der Waals surface area contributed by atoms with Crippen LogP contribution in [0.4, 0.5) is 0 Å². The third-order valence-corrected chi connectivity index (χ3v) is 16.2. The summed E-state index contributed by atoms with van der Waals surface area (Å²) in [6, 6.07) is 72.5. The predicted molar refractivity (Wildman–Crippen MR) is 323 cm³/mol. The number of hydrogen-bond acceptors (Lipinski definition) is 2. The minimum absolute atomic E-state index is 0. The molecule has 0 N–H and O–H groups in total. The molecule has 0 fully saturated rings. The molecule has 0 aliphatic carbocycles. The Hall–Kier alpha value is -7.47. The molecule has 4 nitrogen and oxygen atoms in total. The molecule has 0 aliphatic rings. The quantitative estimate of drug-likeness (QED) is 0.0820. The van der Waals surface area contributed by atoms with Gasteiger partial charge in [0.05, 0.1) is 33.7 Å². The number of para-hydroxylation sites is 5. The Bertz CT molecular complexity index is 4380. The Morgan fingerprint density at radius 1 is 0.558 bits per heavy atom. The van der Waals surface area contributed by atoms with Crippen LogP contribution < -0.4 is 9.55 Å². The zero-order valence-electron chi connectivity index (χ0n) is 47.7. The average molecular weight is 1200 g/mol. The fourth-order valence-corrected chi connectivity index (χ4v) is 12.4. The number of thiophene rings is 1. The molecule has 0 spiro atoms. The average Bonchev–Trinajstić information content (AvgIpc) is 4.22. The third kappa shape index (κ3) is 9.31. The van der Waals surface area contributed by atoms with Gasteiger partial charge in [0.25, 0.3) is 0 Å². The number of hydrogen-bond donors (Lipinski definition) is 0. The number of fused-ring (bicyclic) bond motifs is 8. The first-order valence-electron chi connectivity index (χ1n) is 28.2. The molecule has 13 rings (SSSR count). The number of aromatic nitrogens is 4. The first-order valence-corrected chi connectivity index (χ1v) is 27.5. The monoisotopic (exact) mass is 1200 g/mol. The van der Waals surface area contributed by atoms with Crippen LogP contribution in [0.3, 0.4) is 0 Å². The van der Waals surface area contributed by atoms with E-state index in [1.54, 1.807) is 17.4 Å². The predicted octanol–water partition coefficient (Wildman–Crippen LogP) is 19.2. The van der Waals surface area contributed by atoms with E-state index in [9.17, 15) is 0 Å². The van der Waals surface area contributed by atoms with Crippen LogP contribution in [0.5, 0.6) is 0 Å². The van der Waals surface area contributed by atoms with E-state index in [0.717, 1.165) is 81.2 Å². The van der Waals surface area contributed by atoms with Crippen LogP contribution in [-0.4, -0.2) is 9.55 Å². The number of benzene rings is 10. The first-order chi connectivity index (χ1) is 38.1. The van der Waals surface area contributed by atoms with Crippen molar-refractivity contribution in [2.24, 2.45) is 0 Å². The van der Waals surface area contributed by atoms with Gasteiger partial charge in [0, 0.05) is 20.2 Å². The van der Waals surface area contributed by atoms with Crippen LogP contribution in [0.2, 0.25) is 0 Å². The van der Waals surface area contributed by atoms with Crippen molar-refractivity contribution >= 4 is 75.1 Å². The summed E-state index contributed by atoms with van der Waals surface area (Å²) in [6.07, 6.45) is 0. The van der Waals surface area contributed by atoms with Crippen molar-refractivity contribution in [2.75, 3.05) is 0 Å². The SMILES string of the molecule is CC(C)c1cccc(C(C)C)c1-n1c(-c2[c-]cccc2)nc2ccccc21.[2H]C([2H])([2H])c1ccc2ccc3cc4c(cc3c2c1)sc1c(-c2[n-]c3ccccc3[n+]2-c2c(C(C)C)cc(-c3ccccc3)cc2C(C)C)[c-]ccc14.[Ir+3]. The van der Waals surface area contributed by atoms with Crippen LogP contribution >= 0.6 is 11.3 Å².